The molecule has 30 heavy (non-hydrogen) atoms. The van der Waals surface area contributed by atoms with Crippen molar-refractivity contribution in [2.45, 2.75) is 38.8 Å². The quantitative estimate of drug-likeness (QED) is 0.647. The number of benzene rings is 1. The fraction of sp³-hybridized carbons (Fsp3) is 0.300. The summed E-state index contributed by atoms with van der Waals surface area (Å²) in [6.07, 6.45) is 5.08. The van der Waals surface area contributed by atoms with E-state index in [1.807, 2.05) is 0 Å². The molecule has 0 fully saturated rings. The Labute approximate surface area is 176 Å². The Morgan fingerprint density at radius 2 is 2.00 bits per heavy atom. The molecular weight excluding hydrogens is 410 g/mol. The van der Waals surface area contributed by atoms with Gasteiger partial charge in [-0.2, -0.15) is 5.10 Å². The third kappa shape index (κ3) is 4.30. The summed E-state index contributed by atoms with van der Waals surface area (Å²) in [6, 6.07) is 7.80. The second kappa shape index (κ2) is 8.58. The summed E-state index contributed by atoms with van der Waals surface area (Å²) in [7, 11) is 0. The van der Waals surface area contributed by atoms with E-state index in [0.29, 0.717) is 28.8 Å². The maximum atomic E-state index is 12.6. The number of carbonyl (C=O) groups excluding carboxylic acids is 2. The molecule has 4 rings (SSSR count). The van der Waals surface area contributed by atoms with Crippen molar-refractivity contribution in [1.29, 1.82) is 0 Å². The number of hydrogen-bond acceptors (Lipinski definition) is 5. The molecule has 1 aromatic carbocycles. The minimum atomic E-state index is -0.480. The topological polar surface area (TPSA) is 111 Å². The van der Waals surface area contributed by atoms with Gasteiger partial charge < -0.3 is 15.1 Å². The van der Waals surface area contributed by atoms with E-state index in [-0.39, 0.29) is 18.0 Å². The van der Waals surface area contributed by atoms with Crippen LogP contribution in [-0.2, 0) is 24.3 Å². The first-order valence-electron chi connectivity index (χ1n) is 9.62. The second-order valence-electron chi connectivity index (χ2n) is 6.99. The number of carbonyl (C=O) groups is 2. The Morgan fingerprint density at radius 1 is 1.13 bits per heavy atom. The maximum absolute atomic E-state index is 12.6. The Bertz CT molecular complexity index is 1130. The number of fused-ring (bicyclic) bond motifs is 1. The minimum Gasteiger partial charge on any atom is -0.459 e. The molecule has 0 spiro atoms. The largest absolute Gasteiger partial charge is 0.459 e. The molecule has 0 radical (unpaired) electrons. The van der Waals surface area contributed by atoms with Gasteiger partial charge in [-0.1, -0.05) is 18.0 Å². The van der Waals surface area contributed by atoms with Gasteiger partial charge in [-0.3, -0.25) is 14.2 Å². The number of amides is 2. The van der Waals surface area contributed by atoms with Gasteiger partial charge in [0, 0.05) is 18.0 Å². The molecule has 2 aromatic heterocycles. The van der Waals surface area contributed by atoms with Gasteiger partial charge in [0.2, 0.25) is 5.91 Å². The molecule has 1 aliphatic rings. The number of aromatic nitrogens is 3. The van der Waals surface area contributed by atoms with Crippen LogP contribution in [0.4, 0.5) is 11.4 Å². The molecule has 0 saturated heterocycles. The van der Waals surface area contributed by atoms with Crippen LogP contribution in [0.2, 0.25) is 5.02 Å². The van der Waals surface area contributed by atoms with Gasteiger partial charge >= 0.3 is 5.69 Å². The standard InChI is InChI=1S/C20H20ClN5O4/c21-13-7-8-14(15(11-13)23-19(28)16-5-4-10-30-16)22-18(27)12-26-20(29)25-9-3-1-2-6-17(25)24-26/h4-5,7-8,10-11H,1-3,6,9,12H2,(H,22,27)(H,23,28). The van der Waals surface area contributed by atoms with Gasteiger partial charge in [0.25, 0.3) is 5.91 Å². The van der Waals surface area contributed by atoms with Crippen molar-refractivity contribution < 1.29 is 14.0 Å². The van der Waals surface area contributed by atoms with E-state index in [1.165, 1.54) is 23.1 Å². The molecule has 10 heteroatoms. The van der Waals surface area contributed by atoms with E-state index in [2.05, 4.69) is 15.7 Å². The Balaban J connectivity index is 1.50. The molecule has 0 atom stereocenters. The summed E-state index contributed by atoms with van der Waals surface area (Å²) in [5, 5.41) is 10.1. The highest BCUT2D eigenvalue weighted by molar-refractivity contribution is 6.31. The molecule has 9 nitrogen and oxygen atoms in total. The molecule has 0 aliphatic carbocycles. The third-order valence-electron chi connectivity index (χ3n) is 4.82. The predicted molar refractivity (Wildman–Crippen MR) is 111 cm³/mol. The van der Waals surface area contributed by atoms with Crippen LogP contribution in [-0.4, -0.2) is 26.2 Å². The zero-order valence-corrected chi connectivity index (χ0v) is 16.8. The van der Waals surface area contributed by atoms with Crippen molar-refractivity contribution in [3.63, 3.8) is 0 Å². The molecule has 156 valence electrons. The van der Waals surface area contributed by atoms with Crippen LogP contribution in [0, 0.1) is 0 Å². The molecule has 3 aromatic rings. The van der Waals surface area contributed by atoms with Crippen LogP contribution in [0.3, 0.4) is 0 Å². The minimum absolute atomic E-state index is 0.123. The monoisotopic (exact) mass is 429 g/mol. The highest BCUT2D eigenvalue weighted by Gasteiger charge is 2.18. The predicted octanol–water partition coefficient (Wildman–Crippen LogP) is 2.91. The van der Waals surface area contributed by atoms with Gasteiger partial charge in [0.1, 0.15) is 12.4 Å². The van der Waals surface area contributed by atoms with Gasteiger partial charge in [-0.05, 0) is 43.2 Å². The highest BCUT2D eigenvalue weighted by Crippen LogP contribution is 2.26. The molecule has 0 bridgehead atoms. The van der Waals surface area contributed by atoms with Crippen molar-refractivity contribution in [3.8, 4) is 0 Å². The van der Waals surface area contributed by atoms with Crippen LogP contribution in [0.1, 0.15) is 35.6 Å². The Hall–Kier alpha value is -3.33. The summed E-state index contributed by atoms with van der Waals surface area (Å²) in [5.74, 6) is -0.0884. The van der Waals surface area contributed by atoms with E-state index >= 15 is 0 Å². The lowest BCUT2D eigenvalue weighted by Crippen LogP contribution is -2.30. The summed E-state index contributed by atoms with van der Waals surface area (Å²) in [5.41, 5.74) is 0.368. The van der Waals surface area contributed by atoms with Crippen molar-refractivity contribution in [1.82, 2.24) is 14.3 Å². The maximum Gasteiger partial charge on any atom is 0.346 e. The van der Waals surface area contributed by atoms with Crippen LogP contribution in [0.25, 0.3) is 0 Å². The van der Waals surface area contributed by atoms with Crippen molar-refractivity contribution in [2.24, 2.45) is 0 Å². The van der Waals surface area contributed by atoms with Crippen LogP contribution in [0.15, 0.2) is 45.8 Å². The van der Waals surface area contributed by atoms with E-state index in [9.17, 15) is 14.4 Å². The van der Waals surface area contributed by atoms with E-state index in [4.69, 9.17) is 16.0 Å². The van der Waals surface area contributed by atoms with Crippen LogP contribution >= 0.6 is 11.6 Å². The Kier molecular flexibility index (Phi) is 5.71. The number of halogens is 1. The lowest BCUT2D eigenvalue weighted by Gasteiger charge is -2.12. The van der Waals surface area contributed by atoms with E-state index < -0.39 is 11.8 Å². The lowest BCUT2D eigenvalue weighted by molar-refractivity contribution is -0.117. The zero-order chi connectivity index (χ0) is 21.1. The van der Waals surface area contributed by atoms with Gasteiger partial charge in [0.15, 0.2) is 5.76 Å². The van der Waals surface area contributed by atoms with Crippen molar-refractivity contribution in [3.05, 3.63) is 63.7 Å². The first-order valence-corrected chi connectivity index (χ1v) is 10.00. The SMILES string of the molecule is O=C(Cn1nc2n(c1=O)CCCCC2)Nc1ccc(Cl)cc1NC(=O)c1ccco1. The molecule has 2 amide bonds. The fourth-order valence-corrected chi connectivity index (χ4v) is 3.55. The van der Waals surface area contributed by atoms with Gasteiger partial charge in [0.05, 0.1) is 17.6 Å². The molecule has 0 unspecified atom stereocenters. The Morgan fingerprint density at radius 3 is 2.80 bits per heavy atom. The lowest BCUT2D eigenvalue weighted by atomic mass is 10.2. The zero-order valence-electron chi connectivity index (χ0n) is 16.1. The number of aryl methyl sites for hydroxylation is 1. The van der Waals surface area contributed by atoms with Crippen LogP contribution < -0.4 is 16.3 Å². The average Bonchev–Trinajstić information content (AvgIpc) is 3.27. The number of hydrogen-bond donors (Lipinski definition) is 2. The molecular formula is C20H20ClN5O4. The first-order chi connectivity index (χ1) is 14.5. The average molecular weight is 430 g/mol. The second-order valence-corrected chi connectivity index (χ2v) is 7.42. The van der Waals surface area contributed by atoms with Crippen LogP contribution in [0.5, 0.6) is 0 Å². The summed E-state index contributed by atoms with van der Waals surface area (Å²) >= 11 is 6.04. The summed E-state index contributed by atoms with van der Waals surface area (Å²) in [6.45, 7) is 0.392. The smallest absolute Gasteiger partial charge is 0.346 e. The van der Waals surface area contributed by atoms with Crippen molar-refractivity contribution >= 4 is 34.8 Å². The number of nitrogens with one attached hydrogen (secondary N) is 2. The number of anilines is 2. The molecule has 2 N–H and O–H groups in total. The molecule has 0 saturated carbocycles. The number of furan rings is 1. The highest BCUT2D eigenvalue weighted by atomic mass is 35.5. The van der Waals surface area contributed by atoms with Gasteiger partial charge in [-0.25, -0.2) is 9.48 Å². The number of nitrogens with zero attached hydrogens (tertiary/aromatic N) is 3. The van der Waals surface area contributed by atoms with E-state index in [0.717, 1.165) is 25.7 Å². The fourth-order valence-electron chi connectivity index (χ4n) is 3.37. The summed E-state index contributed by atoms with van der Waals surface area (Å²) in [4.78, 5) is 37.4. The normalized spacial score (nSPS) is 13.4. The number of rotatable bonds is 5. The summed E-state index contributed by atoms with van der Waals surface area (Å²) < 4.78 is 7.89. The van der Waals surface area contributed by atoms with Gasteiger partial charge in [-0.15, -0.1) is 0 Å². The molecule has 3 heterocycles. The third-order valence-corrected chi connectivity index (χ3v) is 5.06. The molecule has 1 aliphatic heterocycles. The first kappa shape index (κ1) is 20.0. The van der Waals surface area contributed by atoms with Crippen molar-refractivity contribution in [2.75, 3.05) is 10.6 Å². The van der Waals surface area contributed by atoms with E-state index in [1.54, 1.807) is 22.8 Å².